The Hall–Kier alpha value is -2.31. The zero-order chi connectivity index (χ0) is 13.1. The second kappa shape index (κ2) is 4.91. The van der Waals surface area contributed by atoms with Crippen LogP contribution >= 0.6 is 0 Å². The Kier molecular flexibility index (Phi) is 3.31. The quantitative estimate of drug-likeness (QED) is 0.806. The van der Waals surface area contributed by atoms with Crippen molar-refractivity contribution in [2.24, 2.45) is 0 Å². The van der Waals surface area contributed by atoms with Gasteiger partial charge in [-0.3, -0.25) is 0 Å². The van der Waals surface area contributed by atoms with Crippen LogP contribution in [0.25, 0.3) is 0 Å². The highest BCUT2D eigenvalue weighted by Crippen LogP contribution is 2.28. The van der Waals surface area contributed by atoms with Crippen LogP contribution in [0, 0.1) is 0 Å². The van der Waals surface area contributed by atoms with Crippen LogP contribution in [0.4, 0.5) is 4.79 Å². The Morgan fingerprint density at radius 3 is 3.00 bits per heavy atom. The Bertz CT molecular complexity index is 476. The lowest BCUT2D eigenvalue weighted by atomic mass is 9.94. The van der Waals surface area contributed by atoms with Crippen LogP contribution in [0.3, 0.4) is 0 Å². The average molecular weight is 252 g/mol. The molecule has 0 atom stereocenters. The van der Waals surface area contributed by atoms with Gasteiger partial charge in [0.2, 0.25) is 0 Å². The molecule has 0 saturated carbocycles. The molecular formula is C11H12N2O5. The highest BCUT2D eigenvalue weighted by atomic mass is 16.6. The Morgan fingerprint density at radius 2 is 2.39 bits per heavy atom. The number of aromatic carboxylic acids is 1. The molecule has 1 aromatic heterocycles. The summed E-state index contributed by atoms with van der Waals surface area (Å²) in [5, 5.41) is 12.6. The fraction of sp³-hybridized carbons (Fsp3) is 0.364. The van der Waals surface area contributed by atoms with Crippen LogP contribution in [-0.4, -0.2) is 46.9 Å². The van der Waals surface area contributed by atoms with E-state index in [1.54, 1.807) is 0 Å². The van der Waals surface area contributed by atoms with Gasteiger partial charge in [0, 0.05) is 19.0 Å². The Morgan fingerprint density at radius 1 is 1.67 bits per heavy atom. The van der Waals surface area contributed by atoms with Crippen LogP contribution in [0.15, 0.2) is 23.4 Å². The molecule has 1 amide bonds. The van der Waals surface area contributed by atoms with E-state index in [2.05, 4.69) is 16.3 Å². The van der Waals surface area contributed by atoms with Gasteiger partial charge in [-0.1, -0.05) is 17.8 Å². The number of aromatic nitrogens is 1. The number of carboxylic acid groups (broad SMARTS) is 1. The maximum absolute atomic E-state index is 11.4. The number of hydrogen-bond acceptors (Lipinski definition) is 5. The summed E-state index contributed by atoms with van der Waals surface area (Å²) in [6.07, 6.45) is 2.14. The summed E-state index contributed by atoms with van der Waals surface area (Å²) in [5.41, 5.74) is 0.411. The number of hydrogen-bond donors (Lipinski definition) is 1. The maximum Gasteiger partial charge on any atom is 0.410 e. The molecule has 1 aromatic rings. The van der Waals surface area contributed by atoms with E-state index in [1.165, 1.54) is 11.0 Å². The molecule has 2 heterocycles. The van der Waals surface area contributed by atoms with Crippen molar-refractivity contribution in [2.75, 3.05) is 19.7 Å². The van der Waals surface area contributed by atoms with Crippen molar-refractivity contribution in [1.82, 2.24) is 10.1 Å². The summed E-state index contributed by atoms with van der Waals surface area (Å²) in [4.78, 5) is 23.7. The molecule has 0 spiro atoms. The SMILES string of the molecule is C=CCOC(=O)N1CC(c2nocc2C(=O)O)C1. The van der Waals surface area contributed by atoms with E-state index in [1.807, 2.05) is 0 Å². The molecule has 1 N–H and O–H groups in total. The van der Waals surface area contributed by atoms with E-state index in [4.69, 9.17) is 9.84 Å². The number of ether oxygens (including phenoxy) is 1. The van der Waals surface area contributed by atoms with Crippen LogP contribution in [0.1, 0.15) is 22.0 Å². The van der Waals surface area contributed by atoms with Crippen molar-refractivity contribution in [3.05, 3.63) is 30.2 Å². The summed E-state index contributed by atoms with van der Waals surface area (Å²) in [5.74, 6) is -1.20. The molecule has 0 aliphatic carbocycles. The van der Waals surface area contributed by atoms with E-state index in [0.29, 0.717) is 18.8 Å². The summed E-state index contributed by atoms with van der Waals surface area (Å²) in [7, 11) is 0. The first-order chi connectivity index (χ1) is 8.63. The largest absolute Gasteiger partial charge is 0.478 e. The zero-order valence-corrected chi connectivity index (χ0v) is 9.54. The number of rotatable bonds is 4. The first kappa shape index (κ1) is 12.2. The van der Waals surface area contributed by atoms with Crippen LogP contribution in [0.2, 0.25) is 0 Å². The van der Waals surface area contributed by atoms with Crippen molar-refractivity contribution in [2.45, 2.75) is 5.92 Å². The van der Waals surface area contributed by atoms with Gasteiger partial charge in [-0.15, -0.1) is 0 Å². The van der Waals surface area contributed by atoms with Crippen molar-refractivity contribution in [3.63, 3.8) is 0 Å². The standard InChI is InChI=1S/C11H12N2O5/c1-2-3-17-11(16)13-4-7(5-13)9-8(10(14)15)6-18-12-9/h2,6-7H,1,3-5H2,(H,14,15). The monoisotopic (exact) mass is 252 g/mol. The molecule has 1 aliphatic rings. The molecule has 1 aliphatic heterocycles. The summed E-state index contributed by atoms with van der Waals surface area (Å²) >= 11 is 0. The maximum atomic E-state index is 11.4. The van der Waals surface area contributed by atoms with Gasteiger partial charge in [0.25, 0.3) is 0 Å². The highest BCUT2D eigenvalue weighted by Gasteiger charge is 2.37. The van der Waals surface area contributed by atoms with Gasteiger partial charge in [-0.25, -0.2) is 9.59 Å². The minimum absolute atomic E-state index is 0.0408. The molecule has 7 heteroatoms. The molecule has 0 unspecified atom stereocenters. The molecule has 0 bridgehead atoms. The smallest absolute Gasteiger partial charge is 0.410 e. The molecule has 2 rings (SSSR count). The van der Waals surface area contributed by atoms with E-state index < -0.39 is 12.1 Å². The van der Waals surface area contributed by atoms with Gasteiger partial charge in [0.1, 0.15) is 24.1 Å². The fourth-order valence-electron chi connectivity index (χ4n) is 1.72. The lowest BCUT2D eigenvalue weighted by Gasteiger charge is -2.37. The second-order valence-electron chi connectivity index (χ2n) is 3.89. The zero-order valence-electron chi connectivity index (χ0n) is 9.54. The van der Waals surface area contributed by atoms with E-state index in [9.17, 15) is 9.59 Å². The number of nitrogens with zero attached hydrogens (tertiary/aromatic N) is 2. The van der Waals surface area contributed by atoms with Gasteiger partial charge in [0.15, 0.2) is 0 Å². The number of carboxylic acids is 1. The molecule has 7 nitrogen and oxygen atoms in total. The van der Waals surface area contributed by atoms with Crippen LogP contribution in [-0.2, 0) is 4.74 Å². The van der Waals surface area contributed by atoms with Crippen LogP contribution < -0.4 is 0 Å². The predicted octanol–water partition coefficient (Wildman–Crippen LogP) is 1.09. The van der Waals surface area contributed by atoms with Gasteiger partial charge in [-0.2, -0.15) is 0 Å². The van der Waals surface area contributed by atoms with Crippen molar-refractivity contribution < 1.29 is 24.0 Å². The average Bonchev–Trinajstić information content (AvgIpc) is 2.73. The molecule has 1 saturated heterocycles. The third-order valence-electron chi connectivity index (χ3n) is 2.68. The first-order valence-corrected chi connectivity index (χ1v) is 5.33. The third-order valence-corrected chi connectivity index (χ3v) is 2.68. The normalized spacial score (nSPS) is 15.0. The number of carbonyl (C=O) groups excluding carboxylic acids is 1. The van der Waals surface area contributed by atoms with Crippen molar-refractivity contribution >= 4 is 12.1 Å². The molecule has 1 fully saturated rings. The number of carbonyl (C=O) groups is 2. The second-order valence-corrected chi connectivity index (χ2v) is 3.89. The molecule has 18 heavy (non-hydrogen) atoms. The van der Waals surface area contributed by atoms with Gasteiger partial charge >= 0.3 is 12.1 Å². The first-order valence-electron chi connectivity index (χ1n) is 5.33. The van der Waals surface area contributed by atoms with E-state index in [-0.39, 0.29) is 18.1 Å². The summed E-state index contributed by atoms with van der Waals surface area (Å²) in [6, 6.07) is 0. The van der Waals surface area contributed by atoms with Gasteiger partial charge in [-0.05, 0) is 0 Å². The number of likely N-dealkylation sites (tertiary alicyclic amines) is 1. The summed E-state index contributed by atoms with van der Waals surface area (Å²) < 4.78 is 9.49. The minimum atomic E-state index is -1.08. The number of amides is 1. The predicted molar refractivity (Wildman–Crippen MR) is 59.3 cm³/mol. The molecule has 0 radical (unpaired) electrons. The van der Waals surface area contributed by atoms with Crippen molar-refractivity contribution in [1.29, 1.82) is 0 Å². The van der Waals surface area contributed by atoms with Crippen LogP contribution in [0.5, 0.6) is 0 Å². The highest BCUT2D eigenvalue weighted by molar-refractivity contribution is 5.88. The van der Waals surface area contributed by atoms with Crippen molar-refractivity contribution in [3.8, 4) is 0 Å². The molecule has 0 aromatic carbocycles. The lowest BCUT2D eigenvalue weighted by Crippen LogP contribution is -2.49. The van der Waals surface area contributed by atoms with E-state index in [0.717, 1.165) is 6.26 Å². The molecular weight excluding hydrogens is 240 g/mol. The molecule has 96 valence electrons. The summed E-state index contributed by atoms with van der Waals surface area (Å²) in [6.45, 7) is 4.35. The van der Waals surface area contributed by atoms with E-state index >= 15 is 0 Å². The fourth-order valence-corrected chi connectivity index (χ4v) is 1.72. The Labute approximate surface area is 103 Å². The third kappa shape index (κ3) is 2.20. The minimum Gasteiger partial charge on any atom is -0.478 e. The van der Waals surface area contributed by atoms with Gasteiger partial charge in [0.05, 0.1) is 0 Å². The Balaban J connectivity index is 1.92. The lowest BCUT2D eigenvalue weighted by molar-refractivity contribution is 0.0686. The van der Waals surface area contributed by atoms with Gasteiger partial charge < -0.3 is 19.3 Å². The topological polar surface area (TPSA) is 92.9 Å².